The zero-order valence-corrected chi connectivity index (χ0v) is 17.2. The summed E-state index contributed by atoms with van der Waals surface area (Å²) in [6.07, 6.45) is -1.23. The number of nitrogens with one attached hydrogen (secondary N) is 1. The zero-order valence-electron chi connectivity index (χ0n) is 17.2. The first-order valence-electron chi connectivity index (χ1n) is 9.82. The summed E-state index contributed by atoms with van der Waals surface area (Å²) in [5, 5.41) is 23.8. The molecular weight excluding hydrogens is 366 g/mol. The van der Waals surface area contributed by atoms with Crippen LogP contribution in [-0.4, -0.2) is 33.6 Å². The summed E-state index contributed by atoms with van der Waals surface area (Å²) in [6, 6.07) is 14.6. The van der Waals surface area contributed by atoms with E-state index < -0.39 is 23.4 Å². The van der Waals surface area contributed by atoms with E-state index in [0.717, 1.165) is 11.1 Å². The molecule has 1 aliphatic rings. The number of amides is 1. The average molecular weight is 393 g/mol. The Kier molecular flexibility index (Phi) is 5.73. The molecule has 0 spiro atoms. The van der Waals surface area contributed by atoms with Crippen molar-refractivity contribution in [2.75, 3.05) is 0 Å². The molecule has 0 saturated carbocycles. The highest BCUT2D eigenvalue weighted by molar-refractivity contribution is 6.22. The first kappa shape index (κ1) is 21.0. The lowest BCUT2D eigenvalue weighted by Gasteiger charge is -2.24. The number of carbonyl (C=O) groups is 2. The van der Waals surface area contributed by atoms with Crippen LogP contribution in [0.4, 0.5) is 0 Å². The first-order valence-corrected chi connectivity index (χ1v) is 9.82. The third-order valence-corrected chi connectivity index (χ3v) is 5.24. The number of aliphatic hydroxyl groups is 2. The molecule has 0 aromatic heterocycles. The van der Waals surface area contributed by atoms with Crippen LogP contribution in [0.15, 0.2) is 54.1 Å². The van der Waals surface area contributed by atoms with Crippen molar-refractivity contribution >= 4 is 17.4 Å². The Bertz CT molecular complexity index is 973. The van der Waals surface area contributed by atoms with Crippen molar-refractivity contribution in [3.8, 4) is 0 Å². The van der Waals surface area contributed by atoms with Crippen LogP contribution in [0.2, 0.25) is 0 Å². The number of benzene rings is 2. The highest BCUT2D eigenvalue weighted by atomic mass is 16.3. The van der Waals surface area contributed by atoms with Crippen molar-refractivity contribution < 1.29 is 19.8 Å². The van der Waals surface area contributed by atoms with Gasteiger partial charge in [-0.2, -0.15) is 0 Å². The molecule has 1 heterocycles. The molecule has 0 fully saturated rings. The van der Waals surface area contributed by atoms with Crippen molar-refractivity contribution in [3.05, 3.63) is 76.4 Å². The lowest BCUT2D eigenvalue weighted by Crippen LogP contribution is -2.45. The van der Waals surface area contributed by atoms with Gasteiger partial charge in [-0.1, -0.05) is 61.9 Å². The monoisotopic (exact) mass is 393 g/mol. The van der Waals surface area contributed by atoms with Crippen molar-refractivity contribution in [1.29, 1.82) is 0 Å². The van der Waals surface area contributed by atoms with E-state index in [0.29, 0.717) is 22.7 Å². The second-order valence-electron chi connectivity index (χ2n) is 8.09. The van der Waals surface area contributed by atoms with Crippen LogP contribution in [0.1, 0.15) is 60.2 Å². The van der Waals surface area contributed by atoms with Crippen LogP contribution in [0, 0.1) is 6.92 Å². The normalized spacial score (nSPS) is 20.2. The highest BCUT2D eigenvalue weighted by Crippen LogP contribution is 2.37. The molecule has 2 unspecified atom stereocenters. The molecule has 5 heteroatoms. The average Bonchev–Trinajstić information content (AvgIpc) is 2.91. The molecule has 0 bridgehead atoms. The van der Waals surface area contributed by atoms with E-state index in [-0.39, 0.29) is 12.0 Å². The van der Waals surface area contributed by atoms with Crippen molar-refractivity contribution in [2.45, 2.75) is 51.7 Å². The summed E-state index contributed by atoms with van der Waals surface area (Å²) in [5.74, 6) is -0.785. The van der Waals surface area contributed by atoms with Crippen LogP contribution in [0.25, 0.3) is 5.70 Å². The van der Waals surface area contributed by atoms with Gasteiger partial charge in [-0.05, 0) is 37.0 Å². The van der Waals surface area contributed by atoms with Crippen molar-refractivity contribution in [1.82, 2.24) is 5.32 Å². The predicted octanol–water partition coefficient (Wildman–Crippen LogP) is 3.34. The third kappa shape index (κ3) is 4.02. The quantitative estimate of drug-likeness (QED) is 0.657. The molecular formula is C24H27NO4. The number of rotatable bonds is 6. The van der Waals surface area contributed by atoms with Gasteiger partial charge in [0.2, 0.25) is 0 Å². The molecule has 0 saturated heterocycles. The van der Waals surface area contributed by atoms with Gasteiger partial charge in [0, 0.05) is 12.0 Å². The lowest BCUT2D eigenvalue weighted by atomic mass is 9.83. The minimum absolute atomic E-state index is 0.0219. The summed E-state index contributed by atoms with van der Waals surface area (Å²) < 4.78 is 0. The zero-order chi connectivity index (χ0) is 21.3. The molecule has 29 heavy (non-hydrogen) atoms. The van der Waals surface area contributed by atoms with Crippen LogP contribution in [-0.2, 0) is 4.79 Å². The minimum atomic E-state index is -2.10. The Morgan fingerprint density at radius 2 is 1.76 bits per heavy atom. The Morgan fingerprint density at radius 3 is 2.31 bits per heavy atom. The van der Waals surface area contributed by atoms with Gasteiger partial charge in [-0.3, -0.25) is 9.59 Å². The molecule has 1 aliphatic heterocycles. The van der Waals surface area contributed by atoms with E-state index in [9.17, 15) is 19.8 Å². The smallest absolute Gasteiger partial charge is 0.261 e. The topological polar surface area (TPSA) is 86.6 Å². The number of hydrogen-bond acceptors (Lipinski definition) is 4. The van der Waals surface area contributed by atoms with E-state index in [1.54, 1.807) is 18.2 Å². The number of hydrogen-bond donors (Lipinski definition) is 3. The molecule has 0 radical (unpaired) electrons. The van der Waals surface area contributed by atoms with Crippen molar-refractivity contribution in [2.24, 2.45) is 0 Å². The number of ketones is 1. The van der Waals surface area contributed by atoms with E-state index >= 15 is 0 Å². The second-order valence-corrected chi connectivity index (χ2v) is 8.09. The Labute approximate surface area is 171 Å². The van der Waals surface area contributed by atoms with Gasteiger partial charge in [-0.25, -0.2) is 0 Å². The van der Waals surface area contributed by atoms with E-state index in [1.807, 2.05) is 37.3 Å². The summed E-state index contributed by atoms with van der Waals surface area (Å²) in [5.41, 5.74) is 1.23. The number of aliphatic hydroxyl groups excluding tert-OH is 1. The minimum Gasteiger partial charge on any atom is -0.393 e. The molecule has 3 N–H and O–H groups in total. The van der Waals surface area contributed by atoms with E-state index in [2.05, 4.69) is 19.2 Å². The summed E-state index contributed by atoms with van der Waals surface area (Å²) in [4.78, 5) is 26.1. The molecule has 5 nitrogen and oxygen atoms in total. The molecule has 2 atom stereocenters. The van der Waals surface area contributed by atoms with E-state index in [1.165, 1.54) is 6.92 Å². The summed E-state index contributed by atoms with van der Waals surface area (Å²) in [7, 11) is 0. The summed E-state index contributed by atoms with van der Waals surface area (Å²) >= 11 is 0. The Balaban J connectivity index is 2.18. The van der Waals surface area contributed by atoms with Gasteiger partial charge in [-0.15, -0.1) is 0 Å². The second kappa shape index (κ2) is 7.93. The maximum Gasteiger partial charge on any atom is 0.261 e. The van der Waals surface area contributed by atoms with Crippen molar-refractivity contribution in [3.63, 3.8) is 0 Å². The molecule has 2 aromatic rings. The largest absolute Gasteiger partial charge is 0.393 e. The number of aryl methyl sites for hydroxylation is 1. The van der Waals surface area contributed by atoms with Crippen LogP contribution in [0.3, 0.4) is 0 Å². The fourth-order valence-corrected chi connectivity index (χ4v) is 3.71. The molecule has 3 rings (SSSR count). The van der Waals surface area contributed by atoms with Crippen LogP contribution >= 0.6 is 0 Å². The number of carbonyl (C=O) groups excluding carboxylic acids is 2. The third-order valence-electron chi connectivity index (χ3n) is 5.24. The SMILES string of the molecule is Cc1cccc(C(=O)C2=C(c3ccc(C(C)C)cc3)NC(=O)C2(O)CC(C)O)c1. The van der Waals surface area contributed by atoms with Gasteiger partial charge < -0.3 is 15.5 Å². The molecule has 2 aromatic carbocycles. The highest BCUT2D eigenvalue weighted by Gasteiger charge is 2.51. The Hall–Kier alpha value is -2.76. The fraction of sp³-hybridized carbons (Fsp3) is 0.333. The number of Topliss-reactive ketones (excluding diaryl/α,β-unsaturated/α-hetero) is 1. The first-order chi connectivity index (χ1) is 13.6. The van der Waals surface area contributed by atoms with Gasteiger partial charge >= 0.3 is 0 Å². The van der Waals surface area contributed by atoms with Gasteiger partial charge in [0.05, 0.1) is 17.4 Å². The molecule has 152 valence electrons. The van der Waals surface area contributed by atoms with E-state index in [4.69, 9.17) is 0 Å². The van der Waals surface area contributed by atoms with Crippen LogP contribution in [0.5, 0.6) is 0 Å². The molecule has 0 aliphatic carbocycles. The maximum absolute atomic E-state index is 13.4. The standard InChI is InChI=1S/C24H27NO4/c1-14(2)17-8-10-18(11-9-17)21-20(22(27)19-7-5-6-15(3)12-19)24(29,13-16(4)26)23(28)25-21/h5-12,14,16,26,29H,13H2,1-4H3,(H,25,28). The summed E-state index contributed by atoms with van der Waals surface area (Å²) in [6.45, 7) is 7.52. The van der Waals surface area contributed by atoms with Gasteiger partial charge in [0.1, 0.15) is 0 Å². The van der Waals surface area contributed by atoms with Gasteiger partial charge in [0.15, 0.2) is 11.4 Å². The van der Waals surface area contributed by atoms with Gasteiger partial charge in [0.25, 0.3) is 5.91 Å². The molecule has 1 amide bonds. The Morgan fingerprint density at radius 1 is 1.10 bits per heavy atom. The van der Waals surface area contributed by atoms with Crippen LogP contribution < -0.4 is 5.32 Å². The maximum atomic E-state index is 13.4. The lowest BCUT2D eigenvalue weighted by molar-refractivity contribution is -0.135. The fourth-order valence-electron chi connectivity index (χ4n) is 3.71. The predicted molar refractivity (Wildman–Crippen MR) is 112 cm³/mol.